The molecule has 2 nitrogen and oxygen atoms in total. The normalized spacial score (nSPS) is 24.6. The summed E-state index contributed by atoms with van der Waals surface area (Å²) in [7, 11) is 0. The molecule has 2 heteroatoms. The summed E-state index contributed by atoms with van der Waals surface area (Å²) < 4.78 is 0. The third kappa shape index (κ3) is 4.75. The van der Waals surface area contributed by atoms with Gasteiger partial charge in [-0.2, -0.15) is 0 Å². The van der Waals surface area contributed by atoms with Crippen LogP contribution in [0, 0.1) is 11.3 Å². The molecule has 0 spiro atoms. The third-order valence-corrected chi connectivity index (χ3v) is 5.19. The standard InChI is InChI=1S/C17H36N2/c1-6-7-8-9-11-17(5,14-18)19-12-10-15(13-19)16(2,3)4/h15H,6-14,18H2,1-5H3. The maximum atomic E-state index is 6.11. The molecule has 1 fully saturated rings. The molecule has 0 aromatic heterocycles. The third-order valence-electron chi connectivity index (χ3n) is 5.19. The van der Waals surface area contributed by atoms with E-state index in [1.54, 1.807) is 0 Å². The van der Waals surface area contributed by atoms with Crippen LogP contribution in [-0.4, -0.2) is 30.1 Å². The zero-order valence-corrected chi connectivity index (χ0v) is 14.0. The van der Waals surface area contributed by atoms with Gasteiger partial charge in [-0.3, -0.25) is 4.90 Å². The first-order chi connectivity index (χ1) is 8.83. The van der Waals surface area contributed by atoms with Gasteiger partial charge in [0.2, 0.25) is 0 Å². The van der Waals surface area contributed by atoms with E-state index in [4.69, 9.17) is 5.73 Å². The predicted octanol–water partition coefficient (Wildman–Crippen LogP) is 4.04. The van der Waals surface area contributed by atoms with E-state index in [-0.39, 0.29) is 5.54 Å². The minimum absolute atomic E-state index is 0.230. The average molecular weight is 268 g/mol. The van der Waals surface area contributed by atoms with Crippen LogP contribution in [-0.2, 0) is 0 Å². The fourth-order valence-corrected chi connectivity index (χ4v) is 3.28. The van der Waals surface area contributed by atoms with Crippen LogP contribution in [0.25, 0.3) is 0 Å². The molecule has 0 aromatic carbocycles. The van der Waals surface area contributed by atoms with E-state index in [9.17, 15) is 0 Å². The summed E-state index contributed by atoms with van der Waals surface area (Å²) in [4.78, 5) is 2.68. The lowest BCUT2D eigenvalue weighted by Gasteiger charge is -2.39. The monoisotopic (exact) mass is 268 g/mol. The van der Waals surface area contributed by atoms with E-state index in [1.807, 2.05) is 0 Å². The van der Waals surface area contributed by atoms with Gasteiger partial charge in [0.25, 0.3) is 0 Å². The Kier molecular flexibility index (Phi) is 6.32. The van der Waals surface area contributed by atoms with Crippen molar-refractivity contribution in [3.8, 4) is 0 Å². The quantitative estimate of drug-likeness (QED) is 0.706. The van der Waals surface area contributed by atoms with Crippen molar-refractivity contribution in [1.82, 2.24) is 4.90 Å². The summed E-state index contributed by atoms with van der Waals surface area (Å²) >= 11 is 0. The van der Waals surface area contributed by atoms with Crippen LogP contribution in [0.15, 0.2) is 0 Å². The first kappa shape index (κ1) is 17.0. The summed E-state index contributed by atoms with van der Waals surface area (Å²) in [6.07, 6.45) is 7.98. The number of rotatable bonds is 7. The van der Waals surface area contributed by atoms with Crippen LogP contribution in [0.3, 0.4) is 0 Å². The van der Waals surface area contributed by atoms with Gasteiger partial charge >= 0.3 is 0 Å². The van der Waals surface area contributed by atoms with Crippen LogP contribution in [0.1, 0.15) is 73.1 Å². The van der Waals surface area contributed by atoms with Gasteiger partial charge in [-0.1, -0.05) is 53.4 Å². The minimum atomic E-state index is 0.230. The highest BCUT2D eigenvalue weighted by molar-refractivity contribution is 4.94. The van der Waals surface area contributed by atoms with Crippen molar-refractivity contribution in [3.05, 3.63) is 0 Å². The fraction of sp³-hybridized carbons (Fsp3) is 1.00. The molecule has 1 aliphatic rings. The number of hydrogen-bond acceptors (Lipinski definition) is 2. The predicted molar refractivity (Wildman–Crippen MR) is 85.4 cm³/mol. The number of hydrogen-bond donors (Lipinski definition) is 1. The molecule has 0 aliphatic carbocycles. The summed E-state index contributed by atoms with van der Waals surface area (Å²) in [6, 6.07) is 0. The van der Waals surface area contributed by atoms with E-state index in [2.05, 4.69) is 39.5 Å². The highest BCUT2D eigenvalue weighted by Gasteiger charge is 2.39. The number of likely N-dealkylation sites (tertiary alicyclic amines) is 1. The first-order valence-electron chi connectivity index (χ1n) is 8.28. The maximum Gasteiger partial charge on any atom is 0.0303 e. The topological polar surface area (TPSA) is 29.3 Å². The number of nitrogens with two attached hydrogens (primary N) is 1. The van der Waals surface area contributed by atoms with Crippen molar-refractivity contribution in [2.45, 2.75) is 78.7 Å². The Labute approximate surface area is 121 Å². The molecule has 19 heavy (non-hydrogen) atoms. The zero-order valence-electron chi connectivity index (χ0n) is 14.0. The second kappa shape index (κ2) is 7.08. The molecule has 1 rings (SSSR count). The van der Waals surface area contributed by atoms with Gasteiger partial charge in [-0.15, -0.1) is 0 Å². The lowest BCUT2D eigenvalue weighted by Crippen LogP contribution is -2.50. The highest BCUT2D eigenvalue weighted by Crippen LogP contribution is 2.37. The Morgan fingerprint density at radius 3 is 2.26 bits per heavy atom. The van der Waals surface area contributed by atoms with Gasteiger partial charge in [-0.05, 0) is 37.6 Å². The molecule has 0 aromatic rings. The highest BCUT2D eigenvalue weighted by atomic mass is 15.2. The number of nitrogens with zero attached hydrogens (tertiary/aromatic N) is 1. The van der Waals surface area contributed by atoms with Gasteiger partial charge in [0.15, 0.2) is 0 Å². The Bertz CT molecular complexity index is 256. The van der Waals surface area contributed by atoms with Gasteiger partial charge in [-0.25, -0.2) is 0 Å². The van der Waals surface area contributed by atoms with Crippen molar-refractivity contribution in [2.24, 2.45) is 17.1 Å². The molecule has 0 radical (unpaired) electrons. The van der Waals surface area contributed by atoms with Gasteiger partial charge in [0, 0.05) is 18.6 Å². The molecule has 0 amide bonds. The summed E-state index contributed by atoms with van der Waals surface area (Å²) in [5.74, 6) is 0.828. The Morgan fingerprint density at radius 2 is 1.79 bits per heavy atom. The van der Waals surface area contributed by atoms with Crippen LogP contribution in [0.4, 0.5) is 0 Å². The largest absolute Gasteiger partial charge is 0.329 e. The lowest BCUT2D eigenvalue weighted by molar-refractivity contribution is 0.112. The number of unbranched alkanes of at least 4 members (excludes halogenated alkanes) is 3. The molecule has 2 unspecified atom stereocenters. The molecule has 2 N–H and O–H groups in total. The van der Waals surface area contributed by atoms with Crippen LogP contribution < -0.4 is 5.73 Å². The molecule has 1 heterocycles. The first-order valence-corrected chi connectivity index (χ1v) is 8.28. The Morgan fingerprint density at radius 1 is 1.11 bits per heavy atom. The molecular weight excluding hydrogens is 232 g/mol. The minimum Gasteiger partial charge on any atom is -0.329 e. The lowest BCUT2D eigenvalue weighted by atomic mass is 9.80. The van der Waals surface area contributed by atoms with Crippen LogP contribution >= 0.6 is 0 Å². The summed E-state index contributed by atoms with van der Waals surface area (Å²) in [6.45, 7) is 15.1. The summed E-state index contributed by atoms with van der Waals surface area (Å²) in [5, 5.41) is 0. The van der Waals surface area contributed by atoms with Gasteiger partial charge in [0.1, 0.15) is 0 Å². The second-order valence-corrected chi connectivity index (χ2v) is 7.81. The molecule has 1 saturated heterocycles. The maximum absolute atomic E-state index is 6.11. The van der Waals surface area contributed by atoms with Crippen LogP contribution in [0.2, 0.25) is 0 Å². The van der Waals surface area contributed by atoms with Crippen molar-refractivity contribution in [3.63, 3.8) is 0 Å². The molecule has 0 saturated carbocycles. The fourth-order valence-electron chi connectivity index (χ4n) is 3.28. The van der Waals surface area contributed by atoms with Crippen molar-refractivity contribution >= 4 is 0 Å². The Hall–Kier alpha value is -0.0800. The SMILES string of the molecule is CCCCCCC(C)(CN)N1CCC(C(C)(C)C)C1. The van der Waals surface area contributed by atoms with E-state index < -0.39 is 0 Å². The zero-order chi connectivity index (χ0) is 14.5. The van der Waals surface area contributed by atoms with E-state index >= 15 is 0 Å². The van der Waals surface area contributed by atoms with Gasteiger partial charge in [0.05, 0.1) is 0 Å². The van der Waals surface area contributed by atoms with Crippen molar-refractivity contribution in [2.75, 3.05) is 19.6 Å². The van der Waals surface area contributed by atoms with Crippen molar-refractivity contribution < 1.29 is 0 Å². The van der Waals surface area contributed by atoms with E-state index in [0.29, 0.717) is 5.41 Å². The molecule has 2 atom stereocenters. The Balaban J connectivity index is 2.50. The summed E-state index contributed by atoms with van der Waals surface area (Å²) in [5.41, 5.74) is 6.78. The second-order valence-electron chi connectivity index (χ2n) is 7.81. The van der Waals surface area contributed by atoms with Crippen molar-refractivity contribution in [1.29, 1.82) is 0 Å². The molecule has 114 valence electrons. The van der Waals surface area contributed by atoms with E-state index in [0.717, 1.165) is 12.5 Å². The molecule has 0 bridgehead atoms. The van der Waals surface area contributed by atoms with Crippen LogP contribution in [0.5, 0.6) is 0 Å². The smallest absolute Gasteiger partial charge is 0.0303 e. The van der Waals surface area contributed by atoms with E-state index in [1.165, 1.54) is 51.6 Å². The molecule has 1 aliphatic heterocycles. The van der Waals surface area contributed by atoms with Gasteiger partial charge < -0.3 is 5.73 Å². The average Bonchev–Trinajstić information content (AvgIpc) is 2.84. The molecular formula is C17H36N2.